The summed E-state index contributed by atoms with van der Waals surface area (Å²) in [6.45, 7) is 0.707. The predicted octanol–water partition coefficient (Wildman–Crippen LogP) is 3.95. The van der Waals surface area contributed by atoms with Gasteiger partial charge in [-0.2, -0.15) is 0 Å². The summed E-state index contributed by atoms with van der Waals surface area (Å²) in [4.78, 5) is 15.7. The molecule has 2 N–H and O–H groups in total. The Morgan fingerprint density at radius 1 is 0.955 bits per heavy atom. The van der Waals surface area contributed by atoms with Crippen molar-refractivity contribution >= 4 is 22.4 Å². The highest BCUT2D eigenvalue weighted by atomic mass is 16.1. The van der Waals surface area contributed by atoms with Gasteiger partial charge >= 0.3 is 0 Å². The van der Waals surface area contributed by atoms with Crippen molar-refractivity contribution in [3.63, 3.8) is 0 Å². The number of benzene rings is 2. The monoisotopic (exact) mass is 290 g/mol. The molecule has 0 atom stereocenters. The van der Waals surface area contributed by atoms with E-state index in [-0.39, 0.29) is 5.78 Å². The van der Waals surface area contributed by atoms with Crippen molar-refractivity contribution in [2.45, 2.75) is 19.3 Å². The van der Waals surface area contributed by atoms with Gasteiger partial charge in [0, 0.05) is 35.1 Å². The van der Waals surface area contributed by atoms with Crippen LogP contribution < -0.4 is 5.32 Å². The first kappa shape index (κ1) is 13.1. The summed E-state index contributed by atoms with van der Waals surface area (Å²) in [5, 5.41) is 4.52. The zero-order valence-corrected chi connectivity index (χ0v) is 12.4. The first-order chi connectivity index (χ1) is 10.8. The Morgan fingerprint density at radius 2 is 1.82 bits per heavy atom. The molecule has 1 aromatic heterocycles. The van der Waals surface area contributed by atoms with E-state index in [1.54, 1.807) is 0 Å². The van der Waals surface area contributed by atoms with E-state index in [9.17, 15) is 4.79 Å². The lowest BCUT2D eigenvalue weighted by atomic mass is 10.0. The van der Waals surface area contributed by atoms with E-state index < -0.39 is 0 Å². The molecule has 2 aromatic carbocycles. The van der Waals surface area contributed by atoms with Gasteiger partial charge in [0.2, 0.25) is 0 Å². The Kier molecular flexibility index (Phi) is 3.19. The standard InChI is InChI=1S/C19H18N2O/c22-17-11-12-20-19-16(10-9-13-5-2-1-3-6-13)21-15-8-4-7-14(17)18(15)19/h1-8,20-21H,9-12H2. The minimum absolute atomic E-state index is 0.227. The highest BCUT2D eigenvalue weighted by Gasteiger charge is 2.21. The molecule has 2 heterocycles. The van der Waals surface area contributed by atoms with Crippen LogP contribution in [0.2, 0.25) is 0 Å². The van der Waals surface area contributed by atoms with Crippen molar-refractivity contribution in [1.29, 1.82) is 0 Å². The van der Waals surface area contributed by atoms with Crippen molar-refractivity contribution in [2.75, 3.05) is 11.9 Å². The van der Waals surface area contributed by atoms with Crippen LogP contribution in [0.5, 0.6) is 0 Å². The van der Waals surface area contributed by atoms with E-state index in [0.29, 0.717) is 13.0 Å². The number of nitrogens with one attached hydrogen (secondary N) is 2. The van der Waals surface area contributed by atoms with Gasteiger partial charge in [-0.05, 0) is 24.5 Å². The molecule has 0 saturated carbocycles. The highest BCUT2D eigenvalue weighted by molar-refractivity contribution is 6.13. The highest BCUT2D eigenvalue weighted by Crippen LogP contribution is 2.34. The fourth-order valence-corrected chi connectivity index (χ4v) is 3.27. The summed E-state index contributed by atoms with van der Waals surface area (Å²) in [7, 11) is 0. The van der Waals surface area contributed by atoms with Crippen molar-refractivity contribution in [3.8, 4) is 0 Å². The maximum Gasteiger partial charge on any atom is 0.165 e. The number of aromatic amines is 1. The van der Waals surface area contributed by atoms with Gasteiger partial charge < -0.3 is 10.3 Å². The Labute approximate surface area is 129 Å². The van der Waals surface area contributed by atoms with Gasteiger partial charge in [0.15, 0.2) is 5.78 Å². The predicted molar refractivity (Wildman–Crippen MR) is 89.6 cm³/mol. The smallest absolute Gasteiger partial charge is 0.165 e. The van der Waals surface area contributed by atoms with Crippen LogP contribution in [-0.4, -0.2) is 17.3 Å². The number of hydrogen-bond donors (Lipinski definition) is 2. The van der Waals surface area contributed by atoms with Gasteiger partial charge in [-0.25, -0.2) is 0 Å². The van der Waals surface area contributed by atoms with Crippen LogP contribution in [0.3, 0.4) is 0 Å². The number of hydrogen-bond acceptors (Lipinski definition) is 2. The second-order valence-electron chi connectivity index (χ2n) is 5.79. The third kappa shape index (κ3) is 2.19. The number of aromatic nitrogens is 1. The quantitative estimate of drug-likeness (QED) is 0.767. The molecule has 1 aliphatic rings. The van der Waals surface area contributed by atoms with Gasteiger partial charge in [-0.3, -0.25) is 4.79 Å². The lowest BCUT2D eigenvalue weighted by Gasteiger charge is -2.06. The number of carbonyl (C=O) groups is 1. The van der Waals surface area contributed by atoms with Crippen LogP contribution in [0.4, 0.5) is 5.69 Å². The molecule has 110 valence electrons. The van der Waals surface area contributed by atoms with E-state index in [1.165, 1.54) is 11.3 Å². The molecular weight excluding hydrogens is 272 g/mol. The van der Waals surface area contributed by atoms with Crippen molar-refractivity contribution in [2.24, 2.45) is 0 Å². The molecule has 0 spiro atoms. The molecule has 3 nitrogen and oxygen atoms in total. The van der Waals surface area contributed by atoms with Crippen LogP contribution in [-0.2, 0) is 12.8 Å². The van der Waals surface area contributed by atoms with Crippen LogP contribution in [0.25, 0.3) is 10.9 Å². The Balaban J connectivity index is 1.74. The fraction of sp³-hybridized carbons (Fsp3) is 0.211. The zero-order chi connectivity index (χ0) is 14.9. The minimum atomic E-state index is 0.227. The average Bonchev–Trinajstić information content (AvgIpc) is 2.82. The zero-order valence-electron chi connectivity index (χ0n) is 12.4. The number of rotatable bonds is 3. The van der Waals surface area contributed by atoms with E-state index in [0.717, 1.165) is 35.0 Å². The normalized spacial score (nSPS) is 13.9. The van der Waals surface area contributed by atoms with Gasteiger partial charge in [0.1, 0.15) is 0 Å². The van der Waals surface area contributed by atoms with Crippen LogP contribution in [0.15, 0.2) is 48.5 Å². The maximum atomic E-state index is 12.2. The molecule has 0 radical (unpaired) electrons. The minimum Gasteiger partial charge on any atom is -0.383 e. The molecule has 1 aliphatic heterocycles. The second-order valence-corrected chi connectivity index (χ2v) is 5.79. The van der Waals surface area contributed by atoms with E-state index in [2.05, 4.69) is 40.6 Å². The molecule has 3 aromatic rings. The molecule has 3 heteroatoms. The molecule has 0 bridgehead atoms. The summed E-state index contributed by atoms with van der Waals surface area (Å²) in [5.74, 6) is 0.227. The molecule has 0 amide bonds. The topological polar surface area (TPSA) is 44.9 Å². The second kappa shape index (κ2) is 5.34. The number of aryl methyl sites for hydroxylation is 2. The first-order valence-electron chi connectivity index (χ1n) is 7.77. The first-order valence-corrected chi connectivity index (χ1v) is 7.77. The number of ketones is 1. The van der Waals surface area contributed by atoms with Gasteiger partial charge in [-0.15, -0.1) is 0 Å². The third-order valence-electron chi connectivity index (χ3n) is 4.36. The summed E-state index contributed by atoms with van der Waals surface area (Å²) < 4.78 is 0. The molecule has 0 unspecified atom stereocenters. The lowest BCUT2D eigenvalue weighted by molar-refractivity contribution is 0.0989. The lowest BCUT2D eigenvalue weighted by Crippen LogP contribution is -2.06. The van der Waals surface area contributed by atoms with Crippen molar-refractivity contribution < 1.29 is 4.79 Å². The van der Waals surface area contributed by atoms with Crippen molar-refractivity contribution in [3.05, 3.63) is 65.4 Å². The van der Waals surface area contributed by atoms with Crippen molar-refractivity contribution in [1.82, 2.24) is 4.98 Å². The molecule has 0 saturated heterocycles. The molecule has 22 heavy (non-hydrogen) atoms. The van der Waals surface area contributed by atoms with Crippen LogP contribution in [0, 0.1) is 0 Å². The van der Waals surface area contributed by atoms with E-state index in [4.69, 9.17) is 0 Å². The van der Waals surface area contributed by atoms with E-state index in [1.807, 2.05) is 18.2 Å². The Morgan fingerprint density at radius 3 is 2.68 bits per heavy atom. The molecular formula is C19H18N2O. The SMILES string of the molecule is O=C1CCNc2c(CCc3ccccc3)[nH]c3cccc1c23. The molecule has 0 aliphatic carbocycles. The summed E-state index contributed by atoms with van der Waals surface area (Å²) in [6.07, 6.45) is 2.49. The van der Waals surface area contributed by atoms with Gasteiger partial charge in [0.25, 0.3) is 0 Å². The van der Waals surface area contributed by atoms with Crippen LogP contribution in [0.1, 0.15) is 28.0 Å². The number of carbonyl (C=O) groups excluding carboxylic acids is 1. The summed E-state index contributed by atoms with van der Waals surface area (Å²) in [5.41, 5.74) is 5.55. The Bertz CT molecular complexity index is 833. The number of Topliss-reactive ketones (excluding diaryl/α,β-unsaturated/α-hetero) is 1. The molecule has 0 fully saturated rings. The summed E-state index contributed by atoms with van der Waals surface area (Å²) >= 11 is 0. The van der Waals surface area contributed by atoms with Crippen LogP contribution >= 0.6 is 0 Å². The van der Waals surface area contributed by atoms with Gasteiger partial charge in [0.05, 0.1) is 5.69 Å². The average molecular weight is 290 g/mol. The van der Waals surface area contributed by atoms with Gasteiger partial charge in [-0.1, -0.05) is 42.5 Å². The summed E-state index contributed by atoms with van der Waals surface area (Å²) in [6, 6.07) is 16.5. The third-order valence-corrected chi connectivity index (χ3v) is 4.36. The number of anilines is 1. The maximum absolute atomic E-state index is 12.2. The van der Waals surface area contributed by atoms with E-state index >= 15 is 0 Å². The molecule has 4 rings (SSSR count). The fourth-order valence-electron chi connectivity index (χ4n) is 3.27. The largest absolute Gasteiger partial charge is 0.383 e. The Hall–Kier alpha value is -2.55. The number of H-pyrrole nitrogens is 1.